The standard InChI is InChI=1S/C14H12N2OS/c17-14(12-7-4-8-18-12)11-9-15-16-13(11)10-5-2-1-3-6-10/h1-9,14,17H,(H,15,16). The van der Waals surface area contributed by atoms with Gasteiger partial charge < -0.3 is 5.11 Å². The zero-order valence-corrected chi connectivity index (χ0v) is 10.4. The van der Waals surface area contributed by atoms with Gasteiger partial charge in [-0.05, 0) is 17.0 Å². The second kappa shape index (κ2) is 4.76. The molecule has 0 fully saturated rings. The predicted molar refractivity (Wildman–Crippen MR) is 72.4 cm³/mol. The average Bonchev–Trinajstić information content (AvgIpc) is 3.10. The Kier molecular flexibility index (Phi) is 2.96. The van der Waals surface area contributed by atoms with E-state index in [-0.39, 0.29) is 0 Å². The summed E-state index contributed by atoms with van der Waals surface area (Å²) in [5.41, 5.74) is 2.71. The van der Waals surface area contributed by atoms with Crippen LogP contribution in [0.5, 0.6) is 0 Å². The fraction of sp³-hybridized carbons (Fsp3) is 0.0714. The SMILES string of the molecule is OC(c1cccs1)c1cn[nH]c1-c1ccccc1. The quantitative estimate of drug-likeness (QED) is 0.756. The summed E-state index contributed by atoms with van der Waals surface area (Å²) < 4.78 is 0. The highest BCUT2D eigenvalue weighted by Crippen LogP contribution is 2.31. The van der Waals surface area contributed by atoms with Crippen molar-refractivity contribution in [1.29, 1.82) is 0 Å². The van der Waals surface area contributed by atoms with Gasteiger partial charge in [0.15, 0.2) is 0 Å². The smallest absolute Gasteiger partial charge is 0.117 e. The lowest BCUT2D eigenvalue weighted by molar-refractivity contribution is 0.225. The lowest BCUT2D eigenvalue weighted by Crippen LogP contribution is -1.97. The monoisotopic (exact) mass is 256 g/mol. The molecule has 0 aliphatic heterocycles. The Balaban J connectivity index is 2.02. The summed E-state index contributed by atoms with van der Waals surface area (Å²) in [7, 11) is 0. The third kappa shape index (κ3) is 1.96. The van der Waals surface area contributed by atoms with Gasteiger partial charge in [0.05, 0.1) is 11.9 Å². The molecule has 0 saturated carbocycles. The second-order valence-corrected chi connectivity index (χ2v) is 4.96. The van der Waals surface area contributed by atoms with Crippen molar-refractivity contribution in [2.45, 2.75) is 6.10 Å². The van der Waals surface area contributed by atoms with Crippen molar-refractivity contribution in [2.75, 3.05) is 0 Å². The van der Waals surface area contributed by atoms with E-state index in [0.717, 1.165) is 21.7 Å². The molecule has 0 aliphatic rings. The van der Waals surface area contributed by atoms with Crippen LogP contribution in [0.15, 0.2) is 54.0 Å². The highest BCUT2D eigenvalue weighted by molar-refractivity contribution is 7.10. The normalized spacial score (nSPS) is 12.5. The first-order valence-electron chi connectivity index (χ1n) is 5.66. The maximum Gasteiger partial charge on any atom is 0.117 e. The van der Waals surface area contributed by atoms with Crippen molar-refractivity contribution in [3.05, 3.63) is 64.5 Å². The number of hydrogen-bond donors (Lipinski definition) is 2. The fourth-order valence-corrected chi connectivity index (χ4v) is 2.67. The number of hydrogen-bond acceptors (Lipinski definition) is 3. The maximum absolute atomic E-state index is 10.4. The first-order chi connectivity index (χ1) is 8.86. The van der Waals surface area contributed by atoms with Crippen LogP contribution in [0.25, 0.3) is 11.3 Å². The van der Waals surface area contributed by atoms with Crippen LogP contribution in [0.2, 0.25) is 0 Å². The number of aromatic nitrogens is 2. The van der Waals surface area contributed by atoms with Gasteiger partial charge in [-0.15, -0.1) is 11.3 Å². The molecule has 2 N–H and O–H groups in total. The number of aliphatic hydroxyl groups is 1. The van der Waals surface area contributed by atoms with Gasteiger partial charge in [0.1, 0.15) is 6.10 Å². The van der Waals surface area contributed by atoms with Crippen molar-refractivity contribution in [1.82, 2.24) is 10.2 Å². The number of aromatic amines is 1. The first-order valence-corrected chi connectivity index (χ1v) is 6.54. The molecule has 0 aliphatic carbocycles. The lowest BCUT2D eigenvalue weighted by Gasteiger charge is -2.09. The zero-order valence-electron chi connectivity index (χ0n) is 9.58. The summed E-state index contributed by atoms with van der Waals surface area (Å²) in [6.45, 7) is 0. The van der Waals surface area contributed by atoms with Crippen LogP contribution in [-0.2, 0) is 0 Å². The van der Waals surface area contributed by atoms with Crippen molar-refractivity contribution in [3.63, 3.8) is 0 Å². The number of nitrogens with zero attached hydrogens (tertiary/aromatic N) is 1. The van der Waals surface area contributed by atoms with E-state index in [1.807, 2.05) is 47.8 Å². The minimum absolute atomic E-state index is 0.626. The molecule has 0 radical (unpaired) electrons. The van der Waals surface area contributed by atoms with E-state index in [0.29, 0.717) is 0 Å². The molecule has 3 aromatic rings. The van der Waals surface area contributed by atoms with Crippen LogP contribution in [0.4, 0.5) is 0 Å². The highest BCUT2D eigenvalue weighted by Gasteiger charge is 2.18. The molecule has 18 heavy (non-hydrogen) atoms. The Morgan fingerprint density at radius 3 is 2.67 bits per heavy atom. The largest absolute Gasteiger partial charge is 0.383 e. The molecule has 90 valence electrons. The Bertz CT molecular complexity index is 616. The average molecular weight is 256 g/mol. The van der Waals surface area contributed by atoms with E-state index in [1.165, 1.54) is 0 Å². The molecule has 0 bridgehead atoms. The second-order valence-electron chi connectivity index (χ2n) is 3.98. The molecule has 4 heteroatoms. The Labute approximate surface area is 109 Å². The van der Waals surface area contributed by atoms with Crippen LogP contribution in [-0.4, -0.2) is 15.3 Å². The minimum atomic E-state index is -0.626. The van der Waals surface area contributed by atoms with Gasteiger partial charge >= 0.3 is 0 Å². The molecule has 2 aromatic heterocycles. The van der Waals surface area contributed by atoms with Crippen molar-refractivity contribution in [2.24, 2.45) is 0 Å². The molecule has 3 nitrogen and oxygen atoms in total. The van der Waals surface area contributed by atoms with E-state index in [9.17, 15) is 5.11 Å². The predicted octanol–water partition coefficient (Wildman–Crippen LogP) is 3.22. The molecule has 3 rings (SSSR count). The summed E-state index contributed by atoms with van der Waals surface area (Å²) >= 11 is 1.54. The molecule has 1 atom stereocenters. The maximum atomic E-state index is 10.4. The molecule has 0 spiro atoms. The van der Waals surface area contributed by atoms with Crippen molar-refractivity contribution < 1.29 is 5.11 Å². The van der Waals surface area contributed by atoms with Gasteiger partial charge in [-0.2, -0.15) is 5.10 Å². The fourth-order valence-electron chi connectivity index (χ4n) is 1.94. The molecule has 1 aromatic carbocycles. The van der Waals surface area contributed by atoms with Crippen molar-refractivity contribution in [3.8, 4) is 11.3 Å². The first kappa shape index (κ1) is 11.2. The summed E-state index contributed by atoms with van der Waals surface area (Å²) in [4.78, 5) is 0.925. The van der Waals surface area contributed by atoms with Gasteiger partial charge in [-0.25, -0.2) is 0 Å². The third-order valence-electron chi connectivity index (χ3n) is 2.84. The Morgan fingerprint density at radius 2 is 1.94 bits per heavy atom. The van der Waals surface area contributed by atoms with Crippen LogP contribution >= 0.6 is 11.3 Å². The summed E-state index contributed by atoms with van der Waals surface area (Å²) in [5.74, 6) is 0. The van der Waals surface area contributed by atoms with Gasteiger partial charge in [0.25, 0.3) is 0 Å². The van der Waals surface area contributed by atoms with E-state index < -0.39 is 6.10 Å². The van der Waals surface area contributed by atoms with E-state index >= 15 is 0 Å². The summed E-state index contributed by atoms with van der Waals surface area (Å²) in [5, 5.41) is 19.3. The molecular weight excluding hydrogens is 244 g/mol. The van der Waals surface area contributed by atoms with Gasteiger partial charge in [0.2, 0.25) is 0 Å². The van der Waals surface area contributed by atoms with Crippen LogP contribution in [0.3, 0.4) is 0 Å². The third-order valence-corrected chi connectivity index (χ3v) is 3.76. The number of H-pyrrole nitrogens is 1. The summed E-state index contributed by atoms with van der Waals surface area (Å²) in [6.07, 6.45) is 1.06. The Hall–Kier alpha value is -1.91. The van der Waals surface area contributed by atoms with Gasteiger partial charge in [-0.3, -0.25) is 5.10 Å². The van der Waals surface area contributed by atoms with Crippen LogP contribution in [0.1, 0.15) is 16.5 Å². The molecule has 1 unspecified atom stereocenters. The molecule has 2 heterocycles. The topological polar surface area (TPSA) is 48.9 Å². The Morgan fingerprint density at radius 1 is 1.11 bits per heavy atom. The number of thiophene rings is 1. The zero-order chi connectivity index (χ0) is 12.4. The number of nitrogens with one attached hydrogen (secondary N) is 1. The lowest BCUT2D eigenvalue weighted by atomic mass is 10.0. The number of aliphatic hydroxyl groups excluding tert-OH is 1. The summed E-state index contributed by atoms with van der Waals surface area (Å²) in [6, 6.07) is 13.8. The van der Waals surface area contributed by atoms with Gasteiger partial charge in [-0.1, -0.05) is 36.4 Å². The van der Waals surface area contributed by atoms with E-state index in [2.05, 4.69) is 10.2 Å². The van der Waals surface area contributed by atoms with Gasteiger partial charge in [0, 0.05) is 10.4 Å². The van der Waals surface area contributed by atoms with E-state index in [1.54, 1.807) is 17.5 Å². The van der Waals surface area contributed by atoms with Crippen molar-refractivity contribution >= 4 is 11.3 Å². The molecule has 0 amide bonds. The molecular formula is C14H12N2OS. The van der Waals surface area contributed by atoms with Crippen LogP contribution < -0.4 is 0 Å². The highest BCUT2D eigenvalue weighted by atomic mass is 32.1. The number of benzene rings is 1. The van der Waals surface area contributed by atoms with Crippen LogP contribution in [0, 0.1) is 0 Å². The molecule has 0 saturated heterocycles. The number of rotatable bonds is 3. The minimum Gasteiger partial charge on any atom is -0.383 e. The van der Waals surface area contributed by atoms with E-state index in [4.69, 9.17) is 0 Å².